The van der Waals surface area contributed by atoms with Gasteiger partial charge in [-0.05, 0) is 25.5 Å². The largest absolute Gasteiger partial charge is 0.366 e. The van der Waals surface area contributed by atoms with Gasteiger partial charge in [-0.2, -0.15) is 8.42 Å². The number of amides is 1. The van der Waals surface area contributed by atoms with Crippen molar-refractivity contribution in [3.05, 3.63) is 42.0 Å². The number of carbonyl (C=O) groups is 1. The third-order valence-corrected chi connectivity index (χ3v) is 3.09. The number of rotatable bonds is 4. The number of benzene rings is 1. The minimum absolute atomic E-state index is 0.0666. The first-order chi connectivity index (χ1) is 8.68. The van der Waals surface area contributed by atoms with Gasteiger partial charge in [-0.1, -0.05) is 37.6 Å². The summed E-state index contributed by atoms with van der Waals surface area (Å²) in [7, 11) is -4.02. The van der Waals surface area contributed by atoms with Crippen molar-refractivity contribution in [2.24, 2.45) is 5.73 Å². The van der Waals surface area contributed by atoms with Crippen LogP contribution in [0.4, 0.5) is 0 Å². The second-order valence-corrected chi connectivity index (χ2v) is 5.43. The number of aryl methyl sites for hydroxylation is 1. The van der Waals surface area contributed by atoms with E-state index in [1.54, 1.807) is 12.1 Å². The van der Waals surface area contributed by atoms with E-state index in [4.69, 9.17) is 10.3 Å². The fourth-order valence-electron chi connectivity index (χ4n) is 1.14. The van der Waals surface area contributed by atoms with Crippen LogP contribution in [-0.2, 0) is 14.9 Å². The summed E-state index contributed by atoms with van der Waals surface area (Å²) in [6.07, 6.45) is 1.65. The Morgan fingerprint density at radius 3 is 2.05 bits per heavy atom. The molecule has 0 unspecified atom stereocenters. The Morgan fingerprint density at radius 1 is 1.32 bits per heavy atom. The average Bonchev–Trinajstić information content (AvgIpc) is 2.29. The second-order valence-electron chi connectivity index (χ2n) is 4.01. The second kappa shape index (κ2) is 7.70. The highest BCUT2D eigenvalue weighted by atomic mass is 32.2. The van der Waals surface area contributed by atoms with Crippen LogP contribution in [-0.4, -0.2) is 18.9 Å². The molecule has 106 valence electrons. The molecule has 1 aromatic rings. The van der Waals surface area contributed by atoms with E-state index in [0.717, 1.165) is 18.4 Å². The van der Waals surface area contributed by atoms with Crippen LogP contribution in [0.25, 0.3) is 0 Å². The van der Waals surface area contributed by atoms with Gasteiger partial charge in [0.05, 0.1) is 4.90 Å². The van der Waals surface area contributed by atoms with Gasteiger partial charge >= 0.3 is 0 Å². The molecule has 0 heterocycles. The Labute approximate surface area is 113 Å². The molecule has 5 nitrogen and oxygen atoms in total. The summed E-state index contributed by atoms with van der Waals surface area (Å²) in [5.74, 6) is -0.383. The zero-order valence-electron chi connectivity index (χ0n) is 11.1. The van der Waals surface area contributed by atoms with Crippen LogP contribution >= 0.6 is 0 Å². The van der Waals surface area contributed by atoms with E-state index in [-0.39, 0.29) is 10.8 Å². The molecule has 3 N–H and O–H groups in total. The van der Waals surface area contributed by atoms with Gasteiger partial charge < -0.3 is 5.73 Å². The number of hydrogen-bond acceptors (Lipinski definition) is 3. The lowest BCUT2D eigenvalue weighted by Gasteiger charge is -1.95. The SMILES string of the molecule is C=C(CCC)C(N)=O.Cc1ccc(S(=O)(=O)O)cc1. The predicted octanol–water partition coefficient (Wildman–Crippen LogP) is 2.07. The van der Waals surface area contributed by atoms with Crippen molar-refractivity contribution < 1.29 is 17.8 Å². The van der Waals surface area contributed by atoms with E-state index in [1.165, 1.54) is 12.1 Å². The predicted molar refractivity (Wildman–Crippen MR) is 74.2 cm³/mol. The van der Waals surface area contributed by atoms with Gasteiger partial charge in [0.1, 0.15) is 0 Å². The van der Waals surface area contributed by atoms with Crippen molar-refractivity contribution in [3.63, 3.8) is 0 Å². The number of carbonyl (C=O) groups excluding carboxylic acids is 1. The maximum atomic E-state index is 10.5. The smallest absolute Gasteiger partial charge is 0.294 e. The molecule has 0 aliphatic heterocycles. The zero-order valence-corrected chi connectivity index (χ0v) is 11.9. The van der Waals surface area contributed by atoms with Crippen LogP contribution < -0.4 is 5.73 Å². The van der Waals surface area contributed by atoms with Gasteiger partial charge in [0, 0.05) is 5.57 Å². The summed E-state index contributed by atoms with van der Waals surface area (Å²) in [6, 6.07) is 5.99. The van der Waals surface area contributed by atoms with Gasteiger partial charge in [-0.25, -0.2) is 0 Å². The molecule has 0 aliphatic carbocycles. The van der Waals surface area contributed by atoms with Crippen molar-refractivity contribution >= 4 is 16.0 Å². The molecule has 0 saturated carbocycles. The summed E-state index contributed by atoms with van der Waals surface area (Å²) < 4.78 is 29.6. The summed E-state index contributed by atoms with van der Waals surface area (Å²) >= 11 is 0. The summed E-state index contributed by atoms with van der Waals surface area (Å²) in [5.41, 5.74) is 6.36. The molecule has 1 rings (SSSR count). The Bertz CT molecular complexity index is 532. The maximum Gasteiger partial charge on any atom is 0.294 e. The molecule has 1 aromatic carbocycles. The van der Waals surface area contributed by atoms with Crippen LogP contribution in [0.5, 0.6) is 0 Å². The monoisotopic (exact) mass is 285 g/mol. The first kappa shape index (κ1) is 17.3. The zero-order chi connectivity index (χ0) is 15.1. The quantitative estimate of drug-likeness (QED) is 0.653. The molecule has 0 radical (unpaired) electrons. The van der Waals surface area contributed by atoms with Crippen molar-refractivity contribution in [2.75, 3.05) is 0 Å². The molecular weight excluding hydrogens is 266 g/mol. The fourth-order valence-corrected chi connectivity index (χ4v) is 1.62. The number of hydrogen-bond donors (Lipinski definition) is 2. The summed E-state index contributed by atoms with van der Waals surface area (Å²) in [5, 5.41) is 0. The average molecular weight is 285 g/mol. The molecular formula is C13H19NO4S. The molecule has 0 spiro atoms. The molecule has 6 heteroatoms. The molecule has 0 atom stereocenters. The van der Waals surface area contributed by atoms with Gasteiger partial charge in [0.2, 0.25) is 5.91 Å². The van der Waals surface area contributed by atoms with Crippen LogP contribution in [0.15, 0.2) is 41.3 Å². The Balaban J connectivity index is 0.000000362. The van der Waals surface area contributed by atoms with Gasteiger partial charge in [0.15, 0.2) is 0 Å². The third kappa shape index (κ3) is 7.38. The fraction of sp³-hybridized carbons (Fsp3) is 0.308. The summed E-state index contributed by atoms with van der Waals surface area (Å²) in [6.45, 7) is 7.29. The topological polar surface area (TPSA) is 97.5 Å². The number of nitrogens with two attached hydrogens (primary N) is 1. The Hall–Kier alpha value is -1.66. The number of primary amides is 1. The Kier molecular flexibility index (Phi) is 7.03. The highest BCUT2D eigenvalue weighted by Gasteiger charge is 2.06. The van der Waals surface area contributed by atoms with Crippen molar-refractivity contribution in [3.8, 4) is 0 Å². The van der Waals surface area contributed by atoms with Gasteiger partial charge in [0.25, 0.3) is 10.1 Å². The minimum atomic E-state index is -4.02. The van der Waals surface area contributed by atoms with Crippen LogP contribution in [0.2, 0.25) is 0 Å². The lowest BCUT2D eigenvalue weighted by atomic mass is 10.2. The molecule has 0 saturated heterocycles. The standard InChI is InChI=1S/C7H8O3S.C6H11NO/c1-6-2-4-7(5-3-6)11(8,9)10;1-3-4-5(2)6(7)8/h2-5H,1H3,(H,8,9,10);2-4H2,1H3,(H2,7,8). The molecule has 19 heavy (non-hydrogen) atoms. The van der Waals surface area contributed by atoms with Crippen molar-refractivity contribution in [1.29, 1.82) is 0 Å². The van der Waals surface area contributed by atoms with Crippen molar-refractivity contribution in [2.45, 2.75) is 31.6 Å². The highest BCUT2D eigenvalue weighted by Crippen LogP contribution is 2.08. The summed E-state index contributed by atoms with van der Waals surface area (Å²) in [4.78, 5) is 10.1. The first-order valence-corrected chi connectivity index (χ1v) is 7.14. The van der Waals surface area contributed by atoms with E-state index in [1.807, 2.05) is 13.8 Å². The van der Waals surface area contributed by atoms with E-state index < -0.39 is 10.1 Å². The minimum Gasteiger partial charge on any atom is -0.366 e. The van der Waals surface area contributed by atoms with Gasteiger partial charge in [-0.15, -0.1) is 0 Å². The van der Waals surface area contributed by atoms with Crippen LogP contribution in [0.1, 0.15) is 25.3 Å². The van der Waals surface area contributed by atoms with Crippen molar-refractivity contribution in [1.82, 2.24) is 0 Å². The van der Waals surface area contributed by atoms with Gasteiger partial charge in [-0.3, -0.25) is 9.35 Å². The lowest BCUT2D eigenvalue weighted by molar-refractivity contribution is -0.114. The van der Waals surface area contributed by atoms with Crippen LogP contribution in [0.3, 0.4) is 0 Å². The van der Waals surface area contributed by atoms with Crippen LogP contribution in [0, 0.1) is 6.92 Å². The normalized spacial score (nSPS) is 10.3. The molecule has 0 fully saturated rings. The molecule has 1 amide bonds. The first-order valence-electron chi connectivity index (χ1n) is 5.70. The van der Waals surface area contributed by atoms with E-state index in [2.05, 4.69) is 6.58 Å². The maximum absolute atomic E-state index is 10.5. The highest BCUT2D eigenvalue weighted by molar-refractivity contribution is 7.85. The third-order valence-electron chi connectivity index (χ3n) is 2.22. The van der Waals surface area contributed by atoms with E-state index >= 15 is 0 Å². The van der Waals surface area contributed by atoms with E-state index in [0.29, 0.717) is 5.57 Å². The lowest BCUT2D eigenvalue weighted by Crippen LogP contribution is -2.12. The molecule has 0 aromatic heterocycles. The molecule has 0 aliphatic rings. The van der Waals surface area contributed by atoms with E-state index in [9.17, 15) is 13.2 Å². The molecule has 0 bridgehead atoms. The Morgan fingerprint density at radius 2 is 1.79 bits per heavy atom.